The van der Waals surface area contributed by atoms with Crippen molar-refractivity contribution in [2.24, 2.45) is 0 Å². The highest BCUT2D eigenvalue weighted by Gasteiger charge is 2.09. The third-order valence-electron chi connectivity index (χ3n) is 3.48. The van der Waals surface area contributed by atoms with Gasteiger partial charge >= 0.3 is 5.97 Å². The Bertz CT molecular complexity index is 787. The van der Waals surface area contributed by atoms with Crippen molar-refractivity contribution in [1.29, 1.82) is 0 Å². The summed E-state index contributed by atoms with van der Waals surface area (Å²) in [5.41, 5.74) is 2.46. The fourth-order valence-electron chi connectivity index (χ4n) is 2.31. The third kappa shape index (κ3) is 7.28. The van der Waals surface area contributed by atoms with Crippen LogP contribution in [0, 0.1) is 0 Å². The lowest BCUT2D eigenvalue weighted by molar-refractivity contribution is -0.146. The zero-order valence-electron chi connectivity index (χ0n) is 15.6. The highest BCUT2D eigenvalue weighted by Crippen LogP contribution is 2.13. The number of nitrogens with one attached hydrogen (secondary N) is 3. The van der Waals surface area contributed by atoms with E-state index in [0.29, 0.717) is 22.6 Å². The molecule has 0 unspecified atom stereocenters. The van der Waals surface area contributed by atoms with E-state index in [0.717, 1.165) is 0 Å². The molecule has 0 aliphatic heterocycles. The van der Waals surface area contributed by atoms with Crippen LogP contribution in [0.1, 0.15) is 19.4 Å². The smallest absolute Gasteiger partial charge is 0.310 e. The van der Waals surface area contributed by atoms with Gasteiger partial charge in [0.1, 0.15) is 0 Å². The minimum atomic E-state index is -0.538. The number of anilines is 3. The van der Waals surface area contributed by atoms with E-state index in [1.165, 1.54) is 13.8 Å². The molecule has 0 saturated heterocycles. The Hall–Kier alpha value is -3.68. The van der Waals surface area contributed by atoms with E-state index < -0.39 is 18.5 Å². The Balaban J connectivity index is 1.76. The van der Waals surface area contributed by atoms with Gasteiger partial charge in [-0.2, -0.15) is 0 Å². The van der Waals surface area contributed by atoms with Crippen LogP contribution in [0.4, 0.5) is 17.1 Å². The molecule has 3 N–H and O–H groups in total. The Labute approximate surface area is 162 Å². The number of carbonyl (C=O) groups excluding carboxylic acids is 4. The van der Waals surface area contributed by atoms with Crippen LogP contribution in [0.5, 0.6) is 0 Å². The summed E-state index contributed by atoms with van der Waals surface area (Å²) in [5.74, 6) is -1.37. The van der Waals surface area contributed by atoms with Crippen LogP contribution in [0.25, 0.3) is 0 Å². The van der Waals surface area contributed by atoms with Crippen LogP contribution >= 0.6 is 0 Å². The summed E-state index contributed by atoms with van der Waals surface area (Å²) >= 11 is 0. The van der Waals surface area contributed by atoms with Gasteiger partial charge in [-0.3, -0.25) is 19.2 Å². The van der Waals surface area contributed by atoms with Crippen LogP contribution in [-0.4, -0.2) is 30.3 Å². The van der Waals surface area contributed by atoms with Gasteiger partial charge in [0.15, 0.2) is 6.61 Å². The zero-order valence-corrected chi connectivity index (χ0v) is 15.6. The Morgan fingerprint density at radius 2 is 1.14 bits per heavy atom. The van der Waals surface area contributed by atoms with Gasteiger partial charge in [0, 0.05) is 30.9 Å². The van der Waals surface area contributed by atoms with Gasteiger partial charge in [-0.15, -0.1) is 0 Å². The van der Waals surface area contributed by atoms with Crippen LogP contribution in [0.3, 0.4) is 0 Å². The zero-order chi connectivity index (χ0) is 20.5. The number of benzene rings is 2. The first kappa shape index (κ1) is 20.6. The minimum absolute atomic E-state index is 0.0129. The number of hydrogen-bond acceptors (Lipinski definition) is 5. The van der Waals surface area contributed by atoms with Crippen LogP contribution in [-0.2, 0) is 30.3 Å². The van der Waals surface area contributed by atoms with Crippen molar-refractivity contribution in [2.75, 3.05) is 22.6 Å². The van der Waals surface area contributed by atoms with Crippen LogP contribution < -0.4 is 16.0 Å². The summed E-state index contributed by atoms with van der Waals surface area (Å²) in [7, 11) is 0. The molecule has 0 aliphatic rings. The van der Waals surface area contributed by atoms with Gasteiger partial charge in [0.05, 0.1) is 6.42 Å². The largest absolute Gasteiger partial charge is 0.455 e. The van der Waals surface area contributed by atoms with E-state index in [-0.39, 0.29) is 18.2 Å². The molecule has 0 fully saturated rings. The summed E-state index contributed by atoms with van der Waals surface area (Å²) in [4.78, 5) is 45.7. The first-order chi connectivity index (χ1) is 13.3. The van der Waals surface area contributed by atoms with Gasteiger partial charge in [0.2, 0.25) is 11.8 Å². The average molecular weight is 383 g/mol. The normalized spacial score (nSPS) is 9.93. The standard InChI is InChI=1S/C20H21N3O5/c1-13(24)21-16-5-3-15(4-6-16)11-20(27)28-12-19(26)23-18-9-7-17(8-10-18)22-14(2)25/h3-10H,11-12H2,1-2H3,(H,21,24)(H,22,25)(H,23,26). The number of rotatable bonds is 7. The molecule has 28 heavy (non-hydrogen) atoms. The number of amides is 3. The fourth-order valence-corrected chi connectivity index (χ4v) is 2.31. The van der Waals surface area contributed by atoms with E-state index in [4.69, 9.17) is 4.74 Å². The molecule has 8 nitrogen and oxygen atoms in total. The molecule has 0 aromatic heterocycles. The molecular weight excluding hydrogens is 362 g/mol. The Kier molecular flexibility index (Phi) is 7.27. The molecule has 146 valence electrons. The quantitative estimate of drug-likeness (QED) is 0.635. The second-order valence-electron chi connectivity index (χ2n) is 6.02. The van der Waals surface area contributed by atoms with Crippen molar-refractivity contribution in [2.45, 2.75) is 20.3 Å². The van der Waals surface area contributed by atoms with Crippen molar-refractivity contribution >= 4 is 40.8 Å². The fraction of sp³-hybridized carbons (Fsp3) is 0.200. The van der Waals surface area contributed by atoms with Crippen molar-refractivity contribution in [3.05, 3.63) is 54.1 Å². The average Bonchev–Trinajstić information content (AvgIpc) is 2.62. The van der Waals surface area contributed by atoms with Crippen molar-refractivity contribution < 1.29 is 23.9 Å². The Morgan fingerprint density at radius 3 is 1.61 bits per heavy atom. The lowest BCUT2D eigenvalue weighted by Gasteiger charge is -2.08. The van der Waals surface area contributed by atoms with E-state index in [9.17, 15) is 19.2 Å². The molecule has 0 heterocycles. The summed E-state index contributed by atoms with van der Waals surface area (Å²) in [6.45, 7) is 2.41. The maximum Gasteiger partial charge on any atom is 0.310 e. The van der Waals surface area contributed by atoms with Gasteiger partial charge in [0.25, 0.3) is 5.91 Å². The summed E-state index contributed by atoms with van der Waals surface area (Å²) in [6, 6.07) is 13.3. The molecule has 0 aliphatic carbocycles. The maximum atomic E-state index is 11.9. The molecule has 3 amide bonds. The number of esters is 1. The molecule has 2 rings (SSSR count). The van der Waals surface area contributed by atoms with Crippen molar-refractivity contribution in [1.82, 2.24) is 0 Å². The van der Waals surface area contributed by atoms with E-state index in [1.807, 2.05) is 0 Å². The second kappa shape index (κ2) is 9.86. The van der Waals surface area contributed by atoms with E-state index in [2.05, 4.69) is 16.0 Å². The topological polar surface area (TPSA) is 114 Å². The molecule has 0 saturated carbocycles. The monoisotopic (exact) mass is 383 g/mol. The molecule has 0 radical (unpaired) electrons. The van der Waals surface area contributed by atoms with E-state index >= 15 is 0 Å². The van der Waals surface area contributed by atoms with E-state index in [1.54, 1.807) is 48.5 Å². The first-order valence-electron chi connectivity index (χ1n) is 8.51. The molecule has 2 aromatic rings. The van der Waals surface area contributed by atoms with Crippen LogP contribution in [0.2, 0.25) is 0 Å². The predicted octanol–water partition coefficient (Wildman–Crippen LogP) is 2.33. The number of hydrogen-bond donors (Lipinski definition) is 3. The van der Waals surface area contributed by atoms with Gasteiger partial charge in [-0.25, -0.2) is 0 Å². The molecule has 2 aromatic carbocycles. The van der Waals surface area contributed by atoms with Crippen molar-refractivity contribution in [3.8, 4) is 0 Å². The SMILES string of the molecule is CC(=O)Nc1ccc(CC(=O)OCC(=O)Nc2ccc(NC(C)=O)cc2)cc1. The molecule has 8 heteroatoms. The maximum absolute atomic E-state index is 11.9. The predicted molar refractivity (Wildman–Crippen MR) is 105 cm³/mol. The first-order valence-corrected chi connectivity index (χ1v) is 8.51. The van der Waals surface area contributed by atoms with Gasteiger partial charge in [-0.1, -0.05) is 12.1 Å². The van der Waals surface area contributed by atoms with Crippen LogP contribution in [0.15, 0.2) is 48.5 Å². The third-order valence-corrected chi connectivity index (χ3v) is 3.48. The molecule has 0 bridgehead atoms. The second-order valence-corrected chi connectivity index (χ2v) is 6.02. The lowest BCUT2D eigenvalue weighted by Crippen LogP contribution is -2.21. The molecule has 0 spiro atoms. The Morgan fingerprint density at radius 1 is 0.714 bits per heavy atom. The number of carbonyl (C=O) groups is 4. The molecular formula is C20H21N3O5. The number of ether oxygens (including phenoxy) is 1. The molecule has 0 atom stereocenters. The summed E-state index contributed by atoms with van der Waals surface area (Å²) in [5, 5.41) is 7.85. The summed E-state index contributed by atoms with van der Waals surface area (Å²) < 4.78 is 4.97. The summed E-state index contributed by atoms with van der Waals surface area (Å²) in [6.07, 6.45) is 0.0129. The lowest BCUT2D eigenvalue weighted by atomic mass is 10.1. The van der Waals surface area contributed by atoms with Crippen molar-refractivity contribution in [3.63, 3.8) is 0 Å². The van der Waals surface area contributed by atoms with Gasteiger partial charge in [-0.05, 0) is 42.0 Å². The van der Waals surface area contributed by atoms with Gasteiger partial charge < -0.3 is 20.7 Å². The highest BCUT2D eigenvalue weighted by molar-refractivity contribution is 5.94. The highest BCUT2D eigenvalue weighted by atomic mass is 16.5. The minimum Gasteiger partial charge on any atom is -0.455 e.